The molecule has 0 unspecified atom stereocenters. The summed E-state index contributed by atoms with van der Waals surface area (Å²) in [5.74, 6) is -0.133. The summed E-state index contributed by atoms with van der Waals surface area (Å²) in [6.45, 7) is 5.96. The molecule has 92 valence electrons. The van der Waals surface area contributed by atoms with E-state index in [-0.39, 0.29) is 11.3 Å². The van der Waals surface area contributed by atoms with E-state index in [9.17, 15) is 4.79 Å². The Morgan fingerprint density at radius 3 is 2.76 bits per heavy atom. The van der Waals surface area contributed by atoms with Crippen LogP contribution in [0.5, 0.6) is 0 Å². The number of nitrogens with zero attached hydrogens (tertiary/aromatic N) is 1. The number of hydrogen-bond donors (Lipinski definition) is 2. The first-order valence-electron chi connectivity index (χ1n) is 5.07. The summed E-state index contributed by atoms with van der Waals surface area (Å²) in [6.07, 6.45) is 1.22. The number of nitrogens with one attached hydrogen (secondary N) is 2. The fourth-order valence-electron chi connectivity index (χ4n) is 1.00. The fraction of sp³-hybridized carbons (Fsp3) is 0.364. The molecule has 6 heteroatoms. The van der Waals surface area contributed by atoms with Crippen LogP contribution in [-0.2, 0) is 0 Å². The van der Waals surface area contributed by atoms with Crippen molar-refractivity contribution in [2.24, 2.45) is 5.10 Å². The van der Waals surface area contributed by atoms with Gasteiger partial charge >= 0.3 is 0 Å². The van der Waals surface area contributed by atoms with E-state index in [4.69, 9.17) is 12.2 Å². The number of rotatable bonds is 3. The lowest BCUT2D eigenvalue weighted by Gasteiger charge is -2.21. The molecular weight excluding hydrogens is 254 g/mol. The maximum absolute atomic E-state index is 11.5. The first kappa shape index (κ1) is 13.8. The average Bonchev–Trinajstić information content (AvgIpc) is 2.66. The first-order chi connectivity index (χ1) is 7.88. The van der Waals surface area contributed by atoms with Crippen molar-refractivity contribution in [3.8, 4) is 0 Å². The number of carbonyl (C=O) groups is 1. The van der Waals surface area contributed by atoms with Crippen LogP contribution in [0.4, 0.5) is 0 Å². The lowest BCUT2D eigenvalue weighted by Crippen LogP contribution is -2.44. The third-order valence-electron chi connectivity index (χ3n) is 1.60. The zero-order valence-electron chi connectivity index (χ0n) is 9.98. The van der Waals surface area contributed by atoms with Crippen LogP contribution in [0.1, 0.15) is 30.4 Å². The fourth-order valence-corrected chi connectivity index (χ4v) is 1.99. The van der Waals surface area contributed by atoms with Crippen molar-refractivity contribution in [1.29, 1.82) is 0 Å². The van der Waals surface area contributed by atoms with Gasteiger partial charge in [0.15, 0.2) is 5.11 Å². The van der Waals surface area contributed by atoms with Crippen LogP contribution in [0, 0.1) is 0 Å². The van der Waals surface area contributed by atoms with Crippen molar-refractivity contribution in [2.45, 2.75) is 26.3 Å². The highest BCUT2D eigenvalue weighted by Gasteiger charge is 2.10. The van der Waals surface area contributed by atoms with Crippen molar-refractivity contribution in [3.05, 3.63) is 22.4 Å². The standard InChI is InChI=1S/C11H15N3OS2/c1-11(2,3)13-10(16)14-12-7-8(15)9-5-4-6-17-9/h4-7H,1-3H3,(H2,13,14,16)/b12-7+. The molecule has 17 heavy (non-hydrogen) atoms. The van der Waals surface area contributed by atoms with E-state index in [1.807, 2.05) is 32.2 Å². The minimum absolute atomic E-state index is 0.128. The summed E-state index contributed by atoms with van der Waals surface area (Å²) in [5, 5.41) is 9.06. The summed E-state index contributed by atoms with van der Waals surface area (Å²) in [7, 11) is 0. The van der Waals surface area contributed by atoms with Crippen molar-refractivity contribution >= 4 is 40.7 Å². The first-order valence-corrected chi connectivity index (χ1v) is 6.36. The number of Topliss-reactive ketones (excluding diaryl/α,β-unsaturated/α-hetero) is 1. The molecule has 0 aliphatic carbocycles. The Morgan fingerprint density at radius 1 is 1.53 bits per heavy atom. The van der Waals surface area contributed by atoms with Gasteiger partial charge in [0.2, 0.25) is 5.78 Å². The van der Waals surface area contributed by atoms with E-state index in [0.29, 0.717) is 9.99 Å². The second-order valence-electron chi connectivity index (χ2n) is 4.42. The molecule has 0 fully saturated rings. The van der Waals surface area contributed by atoms with Crippen molar-refractivity contribution in [3.63, 3.8) is 0 Å². The smallest absolute Gasteiger partial charge is 0.215 e. The molecule has 1 heterocycles. The second kappa shape index (κ2) is 5.88. The minimum Gasteiger partial charge on any atom is -0.357 e. The van der Waals surface area contributed by atoms with Gasteiger partial charge in [0.05, 0.1) is 11.1 Å². The van der Waals surface area contributed by atoms with Crippen molar-refractivity contribution in [1.82, 2.24) is 10.7 Å². The number of hydrogen-bond acceptors (Lipinski definition) is 4. The molecule has 1 aromatic heterocycles. The van der Waals surface area contributed by atoms with Crippen LogP contribution in [0.25, 0.3) is 0 Å². The normalized spacial score (nSPS) is 11.5. The summed E-state index contributed by atoms with van der Waals surface area (Å²) < 4.78 is 0. The third kappa shape index (κ3) is 5.55. The lowest BCUT2D eigenvalue weighted by molar-refractivity contribution is 0.107. The third-order valence-corrected chi connectivity index (χ3v) is 2.68. The monoisotopic (exact) mass is 269 g/mol. The summed E-state index contributed by atoms with van der Waals surface area (Å²) >= 11 is 6.39. The molecule has 0 saturated heterocycles. The van der Waals surface area contributed by atoms with Crippen LogP contribution in [0.2, 0.25) is 0 Å². The Balaban J connectivity index is 2.41. The topological polar surface area (TPSA) is 53.5 Å². The van der Waals surface area contributed by atoms with Crippen molar-refractivity contribution in [2.75, 3.05) is 0 Å². The molecule has 0 aliphatic rings. The number of thiocarbonyl (C=S) groups is 1. The second-order valence-corrected chi connectivity index (χ2v) is 5.77. The molecular formula is C11H15N3OS2. The maximum Gasteiger partial charge on any atom is 0.215 e. The molecule has 2 N–H and O–H groups in total. The Labute approximate surface area is 110 Å². The van der Waals surface area contributed by atoms with E-state index in [1.165, 1.54) is 17.6 Å². The highest BCUT2D eigenvalue weighted by molar-refractivity contribution is 7.80. The molecule has 0 aromatic carbocycles. The van der Waals surface area contributed by atoms with Gasteiger partial charge in [-0.25, -0.2) is 0 Å². The van der Waals surface area contributed by atoms with Crippen LogP contribution in [0.15, 0.2) is 22.6 Å². The molecule has 0 radical (unpaired) electrons. The van der Waals surface area contributed by atoms with E-state index in [2.05, 4.69) is 15.8 Å². The van der Waals surface area contributed by atoms with Gasteiger partial charge in [-0.3, -0.25) is 10.2 Å². The Kier molecular flexibility index (Phi) is 4.77. The highest BCUT2D eigenvalue weighted by atomic mass is 32.1. The quantitative estimate of drug-likeness (QED) is 0.382. The number of carbonyl (C=O) groups excluding carboxylic acids is 1. The average molecular weight is 269 g/mol. The van der Waals surface area contributed by atoms with Gasteiger partial charge in [-0.05, 0) is 44.4 Å². The molecule has 1 rings (SSSR count). The van der Waals surface area contributed by atoms with E-state index >= 15 is 0 Å². The molecule has 0 bridgehead atoms. The van der Waals surface area contributed by atoms with Gasteiger partial charge in [0.1, 0.15) is 0 Å². The molecule has 0 spiro atoms. The SMILES string of the molecule is CC(C)(C)NC(=S)N/N=C/C(=O)c1cccs1. The Hall–Kier alpha value is -1.27. The van der Waals surface area contributed by atoms with Crippen LogP contribution < -0.4 is 10.7 Å². The zero-order valence-corrected chi connectivity index (χ0v) is 11.6. The summed E-state index contributed by atoms with van der Waals surface area (Å²) in [6, 6.07) is 3.58. The Bertz CT molecular complexity index is 418. The summed E-state index contributed by atoms with van der Waals surface area (Å²) in [4.78, 5) is 12.2. The largest absolute Gasteiger partial charge is 0.357 e. The number of thiophene rings is 1. The minimum atomic E-state index is -0.133. The highest BCUT2D eigenvalue weighted by Crippen LogP contribution is 2.07. The molecule has 0 saturated carbocycles. The van der Waals surface area contributed by atoms with Gasteiger partial charge in [0.25, 0.3) is 0 Å². The van der Waals surface area contributed by atoms with E-state index in [1.54, 1.807) is 6.07 Å². The summed E-state index contributed by atoms with van der Waals surface area (Å²) in [5.41, 5.74) is 2.48. The lowest BCUT2D eigenvalue weighted by atomic mass is 10.1. The van der Waals surface area contributed by atoms with Gasteiger partial charge in [-0.2, -0.15) is 5.10 Å². The zero-order chi connectivity index (χ0) is 12.9. The van der Waals surface area contributed by atoms with E-state index < -0.39 is 0 Å². The van der Waals surface area contributed by atoms with Crippen molar-refractivity contribution < 1.29 is 4.79 Å². The van der Waals surface area contributed by atoms with Gasteiger partial charge in [0, 0.05) is 5.54 Å². The Morgan fingerprint density at radius 2 is 2.24 bits per heavy atom. The van der Waals surface area contributed by atoms with Gasteiger partial charge in [-0.15, -0.1) is 11.3 Å². The van der Waals surface area contributed by atoms with Crippen LogP contribution in [0.3, 0.4) is 0 Å². The van der Waals surface area contributed by atoms with E-state index in [0.717, 1.165) is 0 Å². The van der Waals surface area contributed by atoms with Crippen LogP contribution in [-0.4, -0.2) is 22.6 Å². The molecule has 4 nitrogen and oxygen atoms in total. The molecule has 1 aromatic rings. The van der Waals surface area contributed by atoms with Gasteiger partial charge < -0.3 is 5.32 Å². The van der Waals surface area contributed by atoms with Gasteiger partial charge in [-0.1, -0.05) is 6.07 Å². The predicted octanol–water partition coefficient (Wildman–Crippen LogP) is 2.18. The molecule has 0 aliphatic heterocycles. The number of ketones is 1. The molecule has 0 atom stereocenters. The predicted molar refractivity (Wildman–Crippen MR) is 75.8 cm³/mol. The maximum atomic E-state index is 11.5. The number of hydrazone groups is 1. The molecule has 0 amide bonds. The van der Waals surface area contributed by atoms with Crippen LogP contribution >= 0.6 is 23.6 Å².